The predicted molar refractivity (Wildman–Crippen MR) is 87.3 cm³/mol. The second-order valence-electron chi connectivity index (χ2n) is 5.52. The number of nitrogens with zero attached hydrogens (tertiary/aromatic N) is 1. The summed E-state index contributed by atoms with van der Waals surface area (Å²) < 4.78 is 6.58. The molecule has 2 atom stereocenters. The Bertz CT molecular complexity index is 438. The van der Waals surface area contributed by atoms with Crippen molar-refractivity contribution >= 4 is 15.9 Å². The highest BCUT2D eigenvalue weighted by molar-refractivity contribution is 9.10. The molecule has 0 bridgehead atoms. The molecule has 1 aliphatic rings. The van der Waals surface area contributed by atoms with E-state index in [0.29, 0.717) is 12.0 Å². The van der Waals surface area contributed by atoms with Crippen molar-refractivity contribution in [2.45, 2.75) is 25.8 Å². The van der Waals surface area contributed by atoms with Gasteiger partial charge in [0.05, 0.1) is 7.11 Å². The van der Waals surface area contributed by atoms with E-state index < -0.39 is 0 Å². The molecule has 1 N–H and O–H groups in total. The summed E-state index contributed by atoms with van der Waals surface area (Å²) in [4.78, 5) is 2.48. The zero-order valence-electron chi connectivity index (χ0n) is 12.7. The van der Waals surface area contributed by atoms with Crippen LogP contribution in [0, 0.1) is 5.92 Å². The van der Waals surface area contributed by atoms with Gasteiger partial charge >= 0.3 is 0 Å². The van der Waals surface area contributed by atoms with Gasteiger partial charge in [0.25, 0.3) is 0 Å². The van der Waals surface area contributed by atoms with Crippen molar-refractivity contribution in [3.63, 3.8) is 0 Å². The molecule has 0 aromatic heterocycles. The molecule has 1 fully saturated rings. The van der Waals surface area contributed by atoms with E-state index in [0.717, 1.165) is 25.4 Å². The summed E-state index contributed by atoms with van der Waals surface area (Å²) in [6, 6.07) is 6.74. The first kappa shape index (κ1) is 15.8. The molecule has 0 aliphatic carbocycles. The summed E-state index contributed by atoms with van der Waals surface area (Å²) in [6.07, 6.45) is 2.57. The number of hydrogen-bond acceptors (Lipinski definition) is 3. The minimum Gasteiger partial charge on any atom is -0.497 e. The van der Waals surface area contributed by atoms with Crippen molar-refractivity contribution in [1.82, 2.24) is 10.2 Å². The standard InChI is InChI=1S/C16H25BrN2O/c1-4-18-11-12-6-5-9-19(2)16(12)14-10-13(20-3)7-8-15(14)17/h7-8,10,12,16,18H,4-6,9,11H2,1-3H3. The van der Waals surface area contributed by atoms with Gasteiger partial charge in [-0.3, -0.25) is 4.90 Å². The third kappa shape index (κ3) is 3.54. The molecule has 1 aliphatic heterocycles. The molecule has 2 rings (SSSR count). The maximum Gasteiger partial charge on any atom is 0.119 e. The fraction of sp³-hybridized carbons (Fsp3) is 0.625. The van der Waals surface area contributed by atoms with E-state index in [1.54, 1.807) is 7.11 Å². The van der Waals surface area contributed by atoms with Gasteiger partial charge in [-0.25, -0.2) is 0 Å². The van der Waals surface area contributed by atoms with E-state index in [2.05, 4.69) is 52.3 Å². The Morgan fingerprint density at radius 1 is 1.45 bits per heavy atom. The van der Waals surface area contributed by atoms with Crippen LogP contribution in [0.2, 0.25) is 0 Å². The zero-order valence-corrected chi connectivity index (χ0v) is 14.2. The van der Waals surface area contributed by atoms with Gasteiger partial charge in [-0.05, 0) is 69.2 Å². The highest BCUT2D eigenvalue weighted by Crippen LogP contribution is 2.39. The monoisotopic (exact) mass is 340 g/mol. The van der Waals surface area contributed by atoms with E-state index in [-0.39, 0.29) is 0 Å². The quantitative estimate of drug-likeness (QED) is 0.888. The van der Waals surface area contributed by atoms with Gasteiger partial charge < -0.3 is 10.1 Å². The number of benzene rings is 1. The Hall–Kier alpha value is -0.580. The highest BCUT2D eigenvalue weighted by Gasteiger charge is 2.31. The second kappa shape index (κ2) is 7.43. The highest BCUT2D eigenvalue weighted by atomic mass is 79.9. The van der Waals surface area contributed by atoms with Gasteiger partial charge in [0.15, 0.2) is 0 Å². The maximum absolute atomic E-state index is 5.40. The van der Waals surface area contributed by atoms with E-state index in [9.17, 15) is 0 Å². The number of rotatable bonds is 5. The molecule has 20 heavy (non-hydrogen) atoms. The lowest BCUT2D eigenvalue weighted by atomic mass is 9.85. The SMILES string of the molecule is CCNCC1CCCN(C)C1c1cc(OC)ccc1Br. The molecule has 0 saturated carbocycles. The largest absolute Gasteiger partial charge is 0.497 e. The fourth-order valence-corrected chi connectivity index (χ4v) is 3.65. The minimum absolute atomic E-state index is 0.451. The first-order valence-corrected chi connectivity index (χ1v) is 8.21. The molecule has 1 heterocycles. The summed E-state index contributed by atoms with van der Waals surface area (Å²) in [5, 5.41) is 3.51. The summed E-state index contributed by atoms with van der Waals surface area (Å²) in [5.41, 5.74) is 1.34. The van der Waals surface area contributed by atoms with Crippen LogP contribution in [0.25, 0.3) is 0 Å². The van der Waals surface area contributed by atoms with E-state index in [1.165, 1.54) is 22.9 Å². The number of piperidine rings is 1. The van der Waals surface area contributed by atoms with Gasteiger partial charge in [0.1, 0.15) is 5.75 Å². The first-order valence-electron chi connectivity index (χ1n) is 7.41. The number of methoxy groups -OCH3 is 1. The van der Waals surface area contributed by atoms with Gasteiger partial charge in [-0.2, -0.15) is 0 Å². The van der Waals surface area contributed by atoms with E-state index in [4.69, 9.17) is 4.74 Å². The Kier molecular flexibility index (Phi) is 5.87. The Labute approximate surface area is 130 Å². The van der Waals surface area contributed by atoms with Crippen molar-refractivity contribution in [3.8, 4) is 5.75 Å². The van der Waals surface area contributed by atoms with Crippen LogP contribution in [0.1, 0.15) is 31.4 Å². The molecular weight excluding hydrogens is 316 g/mol. The lowest BCUT2D eigenvalue weighted by molar-refractivity contribution is 0.119. The van der Waals surface area contributed by atoms with Crippen LogP contribution in [-0.4, -0.2) is 38.7 Å². The Morgan fingerprint density at radius 2 is 2.25 bits per heavy atom. The summed E-state index contributed by atoms with van der Waals surface area (Å²) in [6.45, 7) is 5.45. The van der Waals surface area contributed by atoms with Crippen molar-refractivity contribution < 1.29 is 4.74 Å². The lowest BCUT2D eigenvalue weighted by Crippen LogP contribution is -2.40. The van der Waals surface area contributed by atoms with Crippen LogP contribution < -0.4 is 10.1 Å². The first-order chi connectivity index (χ1) is 9.67. The van der Waals surface area contributed by atoms with Crippen LogP contribution in [0.3, 0.4) is 0 Å². The topological polar surface area (TPSA) is 24.5 Å². The van der Waals surface area contributed by atoms with Crippen molar-refractivity contribution in [1.29, 1.82) is 0 Å². The second-order valence-corrected chi connectivity index (χ2v) is 6.38. The molecule has 0 spiro atoms. The van der Waals surface area contributed by atoms with Gasteiger partial charge in [-0.1, -0.05) is 22.9 Å². The van der Waals surface area contributed by atoms with E-state index >= 15 is 0 Å². The van der Waals surface area contributed by atoms with Crippen molar-refractivity contribution in [2.24, 2.45) is 5.92 Å². The van der Waals surface area contributed by atoms with Crippen LogP contribution in [0.4, 0.5) is 0 Å². The predicted octanol–water partition coefficient (Wildman–Crippen LogP) is 3.45. The molecule has 4 heteroatoms. The Morgan fingerprint density at radius 3 is 2.95 bits per heavy atom. The third-order valence-electron chi connectivity index (χ3n) is 4.19. The summed E-state index contributed by atoms with van der Waals surface area (Å²) >= 11 is 3.72. The average Bonchev–Trinajstić information content (AvgIpc) is 2.46. The van der Waals surface area contributed by atoms with Gasteiger partial charge in [0.2, 0.25) is 0 Å². The van der Waals surface area contributed by atoms with Gasteiger partial charge in [0, 0.05) is 10.5 Å². The molecule has 0 radical (unpaired) electrons. The zero-order chi connectivity index (χ0) is 14.5. The molecule has 2 unspecified atom stereocenters. The number of hydrogen-bond donors (Lipinski definition) is 1. The molecule has 1 aromatic rings. The number of ether oxygens (including phenoxy) is 1. The minimum atomic E-state index is 0.451. The summed E-state index contributed by atoms with van der Waals surface area (Å²) in [5.74, 6) is 1.58. The van der Waals surface area contributed by atoms with Crippen LogP contribution in [0.5, 0.6) is 5.75 Å². The van der Waals surface area contributed by atoms with Crippen LogP contribution in [0.15, 0.2) is 22.7 Å². The Balaban J connectivity index is 2.29. The van der Waals surface area contributed by atoms with Crippen molar-refractivity contribution in [2.75, 3.05) is 33.8 Å². The molecule has 112 valence electrons. The average molecular weight is 341 g/mol. The lowest BCUT2D eigenvalue weighted by Gasteiger charge is -2.40. The van der Waals surface area contributed by atoms with Gasteiger partial charge in [-0.15, -0.1) is 0 Å². The van der Waals surface area contributed by atoms with Crippen molar-refractivity contribution in [3.05, 3.63) is 28.2 Å². The summed E-state index contributed by atoms with van der Waals surface area (Å²) in [7, 11) is 3.96. The van der Waals surface area contributed by atoms with E-state index in [1.807, 2.05) is 6.07 Å². The molecule has 0 amide bonds. The molecular formula is C16H25BrN2O. The molecule has 1 aromatic carbocycles. The number of halogens is 1. The molecule has 3 nitrogen and oxygen atoms in total. The third-order valence-corrected chi connectivity index (χ3v) is 4.91. The smallest absolute Gasteiger partial charge is 0.119 e. The molecule has 1 saturated heterocycles. The number of likely N-dealkylation sites (tertiary alicyclic amines) is 1. The van der Waals surface area contributed by atoms with Crippen LogP contribution >= 0.6 is 15.9 Å². The normalized spacial score (nSPS) is 23.8. The fourth-order valence-electron chi connectivity index (χ4n) is 3.17. The van der Waals surface area contributed by atoms with Crippen LogP contribution in [-0.2, 0) is 0 Å². The number of nitrogens with one attached hydrogen (secondary N) is 1. The maximum atomic E-state index is 5.40.